The number of rotatable bonds is 6. The van der Waals surface area contributed by atoms with Gasteiger partial charge in [-0.1, -0.05) is 12.8 Å². The van der Waals surface area contributed by atoms with Gasteiger partial charge < -0.3 is 14.2 Å². The van der Waals surface area contributed by atoms with Gasteiger partial charge in [0.1, 0.15) is 5.76 Å². The summed E-state index contributed by atoms with van der Waals surface area (Å²) in [6.07, 6.45) is 5.72. The van der Waals surface area contributed by atoms with Gasteiger partial charge in [0.15, 0.2) is 0 Å². The highest BCUT2D eigenvalue weighted by Gasteiger charge is 2.31. The van der Waals surface area contributed by atoms with Gasteiger partial charge >= 0.3 is 0 Å². The molecule has 2 aliphatic rings. The molecular weight excluding hydrogens is 430 g/mol. The van der Waals surface area contributed by atoms with Crippen molar-refractivity contribution in [2.45, 2.75) is 50.1 Å². The van der Waals surface area contributed by atoms with Crippen molar-refractivity contribution < 1.29 is 22.4 Å². The van der Waals surface area contributed by atoms with Crippen LogP contribution in [0, 0.1) is 0 Å². The molecule has 2 aromatic rings. The minimum Gasteiger partial charge on any atom is -0.467 e. The van der Waals surface area contributed by atoms with Crippen LogP contribution in [0.5, 0.6) is 0 Å². The van der Waals surface area contributed by atoms with E-state index in [9.17, 15) is 18.0 Å². The van der Waals surface area contributed by atoms with Crippen LogP contribution in [0.4, 0.5) is 0 Å². The average Bonchev–Trinajstić information content (AvgIpc) is 3.51. The molecule has 0 spiro atoms. The third-order valence-electron chi connectivity index (χ3n) is 6.36. The van der Waals surface area contributed by atoms with Crippen molar-refractivity contribution in [2.75, 3.05) is 26.2 Å². The Morgan fingerprint density at radius 1 is 1.03 bits per heavy atom. The molecule has 32 heavy (non-hydrogen) atoms. The van der Waals surface area contributed by atoms with E-state index in [1.54, 1.807) is 23.3 Å². The molecule has 4 rings (SSSR count). The molecule has 0 bridgehead atoms. The van der Waals surface area contributed by atoms with Gasteiger partial charge in [-0.2, -0.15) is 4.31 Å². The Balaban J connectivity index is 1.49. The Kier molecular flexibility index (Phi) is 6.66. The largest absolute Gasteiger partial charge is 0.467 e. The number of carbonyl (C=O) groups excluding carboxylic acids is 2. The van der Waals surface area contributed by atoms with Crippen molar-refractivity contribution in [3.05, 3.63) is 54.0 Å². The van der Waals surface area contributed by atoms with E-state index in [-0.39, 0.29) is 35.8 Å². The topological polar surface area (TPSA) is 91.1 Å². The molecule has 8 nitrogen and oxygen atoms in total. The third-order valence-corrected chi connectivity index (χ3v) is 8.27. The summed E-state index contributed by atoms with van der Waals surface area (Å²) in [5, 5.41) is 0. The van der Waals surface area contributed by atoms with Gasteiger partial charge in [-0.15, -0.1) is 0 Å². The van der Waals surface area contributed by atoms with Crippen LogP contribution in [0.2, 0.25) is 0 Å². The minimum absolute atomic E-state index is 0.0497. The lowest BCUT2D eigenvalue weighted by Crippen LogP contribution is -2.49. The summed E-state index contributed by atoms with van der Waals surface area (Å²) in [4.78, 5) is 28.4. The van der Waals surface area contributed by atoms with E-state index in [2.05, 4.69) is 0 Å². The highest BCUT2D eigenvalue weighted by Crippen LogP contribution is 2.27. The van der Waals surface area contributed by atoms with Gasteiger partial charge in [0, 0.05) is 44.7 Å². The lowest BCUT2D eigenvalue weighted by molar-refractivity contribution is -0.129. The van der Waals surface area contributed by atoms with Crippen LogP contribution in [0.25, 0.3) is 0 Å². The lowest BCUT2D eigenvalue weighted by Gasteiger charge is -2.33. The SMILES string of the molecule is CC(=O)N1CCN(S(=O)(=O)c2ccc(C(=O)N(Cc3ccco3)C3CCCC3)cc2)CC1. The number of piperazine rings is 1. The smallest absolute Gasteiger partial charge is 0.254 e. The zero-order valence-corrected chi connectivity index (χ0v) is 19.1. The zero-order valence-electron chi connectivity index (χ0n) is 18.3. The van der Waals surface area contributed by atoms with Gasteiger partial charge in [0.25, 0.3) is 5.91 Å². The number of carbonyl (C=O) groups is 2. The Hall–Kier alpha value is -2.65. The van der Waals surface area contributed by atoms with Crippen LogP contribution in [0.3, 0.4) is 0 Å². The summed E-state index contributed by atoms with van der Waals surface area (Å²) in [5.41, 5.74) is 0.462. The van der Waals surface area contributed by atoms with E-state index < -0.39 is 10.0 Å². The van der Waals surface area contributed by atoms with Crippen molar-refractivity contribution in [1.82, 2.24) is 14.1 Å². The minimum atomic E-state index is -3.68. The zero-order chi connectivity index (χ0) is 22.7. The quantitative estimate of drug-likeness (QED) is 0.662. The first-order valence-corrected chi connectivity index (χ1v) is 12.5. The van der Waals surface area contributed by atoms with E-state index in [4.69, 9.17) is 4.42 Å². The first-order valence-electron chi connectivity index (χ1n) is 11.1. The molecule has 1 saturated carbocycles. The monoisotopic (exact) mass is 459 g/mol. The second kappa shape index (κ2) is 9.46. The third kappa shape index (κ3) is 4.73. The molecule has 172 valence electrons. The molecule has 2 amide bonds. The Morgan fingerprint density at radius 2 is 1.69 bits per heavy atom. The van der Waals surface area contributed by atoms with Crippen LogP contribution in [0.15, 0.2) is 52.0 Å². The van der Waals surface area contributed by atoms with Gasteiger partial charge in [0.05, 0.1) is 17.7 Å². The van der Waals surface area contributed by atoms with Crippen LogP contribution in [0.1, 0.15) is 48.7 Å². The molecule has 0 unspecified atom stereocenters. The molecule has 0 atom stereocenters. The standard InChI is InChI=1S/C23H29N3O5S/c1-18(27)24-12-14-25(15-13-24)32(29,30)22-10-8-19(9-11-22)23(28)26(20-5-2-3-6-20)17-21-7-4-16-31-21/h4,7-11,16,20H,2-3,5-6,12-15,17H2,1H3. The summed E-state index contributed by atoms with van der Waals surface area (Å²) in [6, 6.07) is 10.0. The van der Waals surface area contributed by atoms with Crippen LogP contribution < -0.4 is 0 Å². The number of furan rings is 1. The van der Waals surface area contributed by atoms with Crippen molar-refractivity contribution in [2.24, 2.45) is 0 Å². The van der Waals surface area contributed by atoms with Gasteiger partial charge in [-0.05, 0) is 49.2 Å². The Bertz CT molecular complexity index is 1040. The number of sulfonamides is 1. The molecule has 1 aromatic carbocycles. The highest BCUT2D eigenvalue weighted by molar-refractivity contribution is 7.89. The van der Waals surface area contributed by atoms with Crippen molar-refractivity contribution >= 4 is 21.8 Å². The summed E-state index contributed by atoms with van der Waals surface area (Å²) in [7, 11) is -3.68. The van der Waals surface area contributed by atoms with Gasteiger partial charge in [-0.3, -0.25) is 9.59 Å². The Labute approximate surface area is 188 Å². The van der Waals surface area contributed by atoms with Crippen molar-refractivity contribution in [3.8, 4) is 0 Å². The van der Waals surface area contributed by atoms with Crippen LogP contribution in [-0.2, 0) is 21.4 Å². The molecule has 1 saturated heterocycles. The molecule has 9 heteroatoms. The maximum atomic E-state index is 13.3. The lowest BCUT2D eigenvalue weighted by atomic mass is 10.1. The van der Waals surface area contributed by atoms with Crippen molar-refractivity contribution in [1.29, 1.82) is 0 Å². The van der Waals surface area contributed by atoms with Crippen LogP contribution in [-0.4, -0.2) is 66.6 Å². The first kappa shape index (κ1) is 22.5. The predicted octanol–water partition coefficient (Wildman–Crippen LogP) is 2.72. The molecule has 1 aromatic heterocycles. The second-order valence-electron chi connectivity index (χ2n) is 8.39. The number of amides is 2. The van der Waals surface area contributed by atoms with E-state index >= 15 is 0 Å². The van der Waals surface area contributed by atoms with E-state index in [1.807, 2.05) is 17.0 Å². The van der Waals surface area contributed by atoms with E-state index in [0.717, 1.165) is 31.4 Å². The summed E-state index contributed by atoms with van der Waals surface area (Å²) in [6.45, 7) is 3.18. The average molecular weight is 460 g/mol. The molecule has 0 N–H and O–H groups in total. The molecular formula is C23H29N3O5S. The van der Waals surface area contributed by atoms with E-state index in [1.165, 1.54) is 23.4 Å². The molecule has 1 aliphatic carbocycles. The maximum absolute atomic E-state index is 13.3. The van der Waals surface area contributed by atoms with Crippen molar-refractivity contribution in [3.63, 3.8) is 0 Å². The number of hydrogen-bond acceptors (Lipinski definition) is 5. The maximum Gasteiger partial charge on any atom is 0.254 e. The normalized spacial score (nSPS) is 18.1. The number of benzene rings is 1. The Morgan fingerprint density at radius 3 is 2.25 bits per heavy atom. The molecule has 1 aliphatic heterocycles. The highest BCUT2D eigenvalue weighted by atomic mass is 32.2. The second-order valence-corrected chi connectivity index (χ2v) is 10.3. The van der Waals surface area contributed by atoms with Gasteiger partial charge in [-0.25, -0.2) is 8.42 Å². The summed E-state index contributed by atoms with van der Waals surface area (Å²) < 4.78 is 32.9. The fraction of sp³-hybridized carbons (Fsp3) is 0.478. The molecule has 0 radical (unpaired) electrons. The molecule has 2 heterocycles. The summed E-state index contributed by atoms with van der Waals surface area (Å²) >= 11 is 0. The van der Waals surface area contributed by atoms with Gasteiger partial charge in [0.2, 0.25) is 15.9 Å². The number of nitrogens with zero attached hydrogens (tertiary/aromatic N) is 3. The fourth-order valence-corrected chi connectivity index (χ4v) is 5.90. The molecule has 2 fully saturated rings. The fourth-order valence-electron chi connectivity index (χ4n) is 4.48. The van der Waals surface area contributed by atoms with Crippen LogP contribution >= 0.6 is 0 Å². The summed E-state index contributed by atoms with van der Waals surface area (Å²) in [5.74, 6) is 0.563. The van der Waals surface area contributed by atoms with E-state index in [0.29, 0.717) is 25.2 Å². The number of hydrogen-bond donors (Lipinski definition) is 0. The first-order chi connectivity index (χ1) is 15.4. The predicted molar refractivity (Wildman–Crippen MR) is 118 cm³/mol.